The lowest BCUT2D eigenvalue weighted by Gasteiger charge is -2.09. The third-order valence-electron chi connectivity index (χ3n) is 5.38. The van der Waals surface area contributed by atoms with Crippen LogP contribution in [-0.2, 0) is 12.6 Å². The molecule has 0 aliphatic carbocycles. The van der Waals surface area contributed by atoms with E-state index in [4.69, 9.17) is 0 Å². The van der Waals surface area contributed by atoms with E-state index in [1.54, 1.807) is 6.07 Å². The van der Waals surface area contributed by atoms with Crippen LogP contribution in [0, 0.1) is 5.82 Å². The number of unbranched alkanes of at least 4 members (excludes halogenated alkanes) is 9. The number of halogens is 4. The first kappa shape index (κ1) is 23.4. The molecule has 0 heterocycles. The number of benzene rings is 2. The highest BCUT2D eigenvalue weighted by Crippen LogP contribution is 2.32. The molecule has 29 heavy (non-hydrogen) atoms. The van der Waals surface area contributed by atoms with Crippen LogP contribution in [0.15, 0.2) is 42.5 Å². The Bertz CT molecular complexity index is 717. The molecule has 0 bridgehead atoms. The molecule has 2 aromatic rings. The van der Waals surface area contributed by atoms with E-state index in [0.717, 1.165) is 37.0 Å². The van der Waals surface area contributed by atoms with Crippen molar-refractivity contribution in [2.75, 3.05) is 0 Å². The van der Waals surface area contributed by atoms with Gasteiger partial charge < -0.3 is 0 Å². The van der Waals surface area contributed by atoms with Crippen molar-refractivity contribution in [3.63, 3.8) is 0 Å². The molecule has 0 radical (unpaired) electrons. The first-order valence-corrected chi connectivity index (χ1v) is 10.9. The predicted octanol–water partition coefficient (Wildman–Crippen LogP) is 8.97. The summed E-state index contributed by atoms with van der Waals surface area (Å²) in [6.07, 6.45) is 9.09. The maximum Gasteiger partial charge on any atom is 0.416 e. The lowest BCUT2D eigenvalue weighted by atomic mass is 9.99. The third-order valence-corrected chi connectivity index (χ3v) is 5.38. The fraction of sp³-hybridized carbons (Fsp3) is 0.520. The number of rotatable bonds is 12. The van der Waals surface area contributed by atoms with Crippen molar-refractivity contribution in [1.82, 2.24) is 0 Å². The summed E-state index contributed by atoms with van der Waals surface area (Å²) in [5, 5.41) is 0. The van der Waals surface area contributed by atoms with Crippen molar-refractivity contribution >= 4 is 0 Å². The fourth-order valence-electron chi connectivity index (χ4n) is 3.60. The third kappa shape index (κ3) is 8.20. The highest BCUT2D eigenvalue weighted by molar-refractivity contribution is 5.64. The van der Waals surface area contributed by atoms with Crippen LogP contribution in [-0.4, -0.2) is 0 Å². The Morgan fingerprint density at radius 1 is 0.690 bits per heavy atom. The van der Waals surface area contributed by atoms with E-state index in [9.17, 15) is 17.6 Å². The first-order chi connectivity index (χ1) is 13.9. The maximum absolute atomic E-state index is 14.5. The molecule has 2 rings (SSSR count). The van der Waals surface area contributed by atoms with Crippen LogP contribution < -0.4 is 0 Å². The molecule has 0 N–H and O–H groups in total. The molecule has 0 aliphatic rings. The number of hydrogen-bond donors (Lipinski definition) is 0. The summed E-state index contributed by atoms with van der Waals surface area (Å²) in [7, 11) is 0. The van der Waals surface area contributed by atoms with Gasteiger partial charge in [-0.2, -0.15) is 13.2 Å². The Morgan fingerprint density at radius 2 is 1.24 bits per heavy atom. The molecular weight excluding hydrogens is 376 g/mol. The largest absolute Gasteiger partial charge is 0.416 e. The van der Waals surface area contributed by atoms with E-state index in [2.05, 4.69) is 6.92 Å². The van der Waals surface area contributed by atoms with Crippen molar-refractivity contribution in [2.45, 2.75) is 83.7 Å². The van der Waals surface area contributed by atoms with Crippen LogP contribution in [0.3, 0.4) is 0 Å². The minimum absolute atomic E-state index is 0.338. The number of hydrogen-bond acceptors (Lipinski definition) is 0. The standard InChI is InChI=1S/C25H32F4/c1-2-3-4-5-6-7-8-9-10-11-12-20-13-18-23(24(26)19-20)21-14-16-22(17-15-21)25(27,28)29/h13-19H,2-12H2,1H3. The Labute approximate surface area is 172 Å². The van der Waals surface area contributed by atoms with Crippen LogP contribution in [0.2, 0.25) is 0 Å². The molecule has 160 valence electrons. The Kier molecular flexibility index (Phi) is 9.69. The van der Waals surface area contributed by atoms with Gasteiger partial charge in [-0.1, -0.05) is 89.0 Å². The summed E-state index contributed by atoms with van der Waals surface area (Å²) in [4.78, 5) is 0. The smallest absolute Gasteiger partial charge is 0.206 e. The Hall–Kier alpha value is -1.84. The summed E-state index contributed by atoms with van der Waals surface area (Å²) < 4.78 is 52.4. The molecule has 0 unspecified atom stereocenters. The van der Waals surface area contributed by atoms with Crippen LogP contribution >= 0.6 is 0 Å². The molecule has 2 aromatic carbocycles. The quantitative estimate of drug-likeness (QED) is 0.243. The van der Waals surface area contributed by atoms with E-state index in [0.29, 0.717) is 11.1 Å². The predicted molar refractivity (Wildman–Crippen MR) is 112 cm³/mol. The van der Waals surface area contributed by atoms with Gasteiger partial charge in [-0.05, 0) is 42.2 Å². The highest BCUT2D eigenvalue weighted by atomic mass is 19.4. The minimum atomic E-state index is -4.38. The van der Waals surface area contributed by atoms with E-state index in [1.807, 2.05) is 6.07 Å². The Balaban J connectivity index is 1.74. The van der Waals surface area contributed by atoms with Crippen LogP contribution in [0.4, 0.5) is 17.6 Å². The van der Waals surface area contributed by atoms with Crippen molar-refractivity contribution in [3.05, 3.63) is 59.4 Å². The molecular formula is C25H32F4. The van der Waals surface area contributed by atoms with Crippen LogP contribution in [0.5, 0.6) is 0 Å². The molecule has 0 atom stereocenters. The second-order valence-electron chi connectivity index (χ2n) is 7.82. The number of aryl methyl sites for hydroxylation is 1. The molecule has 0 spiro atoms. The molecule has 0 nitrogen and oxygen atoms in total. The average Bonchev–Trinajstić information content (AvgIpc) is 2.69. The first-order valence-electron chi connectivity index (χ1n) is 10.9. The van der Waals surface area contributed by atoms with Gasteiger partial charge in [0.05, 0.1) is 5.56 Å². The van der Waals surface area contributed by atoms with Gasteiger partial charge in [0, 0.05) is 5.56 Å². The van der Waals surface area contributed by atoms with Gasteiger partial charge in [-0.15, -0.1) is 0 Å². The number of alkyl halides is 3. The van der Waals surface area contributed by atoms with Gasteiger partial charge in [-0.25, -0.2) is 4.39 Å². The summed E-state index contributed by atoms with van der Waals surface area (Å²) in [5.41, 5.74) is 1.02. The van der Waals surface area contributed by atoms with Crippen LogP contribution in [0.25, 0.3) is 11.1 Å². The average molecular weight is 409 g/mol. The summed E-state index contributed by atoms with van der Waals surface area (Å²) in [6.45, 7) is 2.23. The minimum Gasteiger partial charge on any atom is -0.206 e. The van der Waals surface area contributed by atoms with E-state index >= 15 is 0 Å². The van der Waals surface area contributed by atoms with Gasteiger partial charge >= 0.3 is 6.18 Å². The monoisotopic (exact) mass is 408 g/mol. The molecule has 0 aromatic heterocycles. The van der Waals surface area contributed by atoms with E-state index < -0.39 is 11.7 Å². The van der Waals surface area contributed by atoms with Gasteiger partial charge in [0.1, 0.15) is 5.82 Å². The summed E-state index contributed by atoms with van der Waals surface area (Å²) in [6, 6.07) is 9.69. The SMILES string of the molecule is CCCCCCCCCCCCc1ccc(-c2ccc(C(F)(F)F)cc2)c(F)c1. The van der Waals surface area contributed by atoms with Crippen molar-refractivity contribution in [3.8, 4) is 11.1 Å². The van der Waals surface area contributed by atoms with E-state index in [1.165, 1.54) is 69.6 Å². The topological polar surface area (TPSA) is 0 Å². The molecule has 0 saturated heterocycles. The summed E-state index contributed by atoms with van der Waals surface area (Å²) >= 11 is 0. The van der Waals surface area contributed by atoms with Gasteiger partial charge in [0.2, 0.25) is 0 Å². The lowest BCUT2D eigenvalue weighted by molar-refractivity contribution is -0.137. The van der Waals surface area contributed by atoms with E-state index in [-0.39, 0.29) is 5.82 Å². The fourth-order valence-corrected chi connectivity index (χ4v) is 3.60. The molecule has 0 fully saturated rings. The highest BCUT2D eigenvalue weighted by Gasteiger charge is 2.30. The van der Waals surface area contributed by atoms with Crippen molar-refractivity contribution in [2.24, 2.45) is 0 Å². The van der Waals surface area contributed by atoms with Gasteiger partial charge in [-0.3, -0.25) is 0 Å². The van der Waals surface area contributed by atoms with Crippen molar-refractivity contribution < 1.29 is 17.6 Å². The second kappa shape index (κ2) is 12.0. The second-order valence-corrected chi connectivity index (χ2v) is 7.82. The molecule has 0 aliphatic heterocycles. The Morgan fingerprint density at radius 3 is 1.76 bits per heavy atom. The summed E-state index contributed by atoms with van der Waals surface area (Å²) in [5.74, 6) is -0.380. The zero-order valence-electron chi connectivity index (χ0n) is 17.3. The van der Waals surface area contributed by atoms with Gasteiger partial charge in [0.25, 0.3) is 0 Å². The lowest BCUT2D eigenvalue weighted by Crippen LogP contribution is -2.04. The maximum atomic E-state index is 14.5. The molecule has 0 saturated carbocycles. The zero-order chi connectivity index (χ0) is 21.1. The molecule has 0 amide bonds. The zero-order valence-corrected chi connectivity index (χ0v) is 17.3. The van der Waals surface area contributed by atoms with Gasteiger partial charge in [0.15, 0.2) is 0 Å². The van der Waals surface area contributed by atoms with Crippen LogP contribution in [0.1, 0.15) is 82.3 Å². The normalized spacial score (nSPS) is 11.8. The molecule has 4 heteroatoms. The van der Waals surface area contributed by atoms with Crippen molar-refractivity contribution in [1.29, 1.82) is 0 Å².